The van der Waals surface area contributed by atoms with E-state index in [4.69, 9.17) is 4.74 Å². The fraction of sp³-hybridized carbons (Fsp3) is 0.294. The van der Waals surface area contributed by atoms with E-state index in [9.17, 15) is 17.6 Å². The van der Waals surface area contributed by atoms with Crippen LogP contribution >= 0.6 is 15.9 Å². The van der Waals surface area contributed by atoms with Gasteiger partial charge in [0.25, 0.3) is 0 Å². The van der Waals surface area contributed by atoms with E-state index in [0.717, 1.165) is 24.1 Å². The maximum atomic E-state index is 13.8. The van der Waals surface area contributed by atoms with Crippen LogP contribution in [0.2, 0.25) is 0 Å². The third-order valence-corrected chi connectivity index (χ3v) is 4.57. The highest BCUT2D eigenvalue weighted by molar-refractivity contribution is 9.09. The van der Waals surface area contributed by atoms with E-state index in [2.05, 4.69) is 15.9 Å². The molecule has 0 aliphatic carbocycles. The van der Waals surface area contributed by atoms with Crippen molar-refractivity contribution < 1.29 is 22.3 Å². The van der Waals surface area contributed by atoms with Gasteiger partial charge >= 0.3 is 6.18 Å². The van der Waals surface area contributed by atoms with Crippen LogP contribution in [-0.4, -0.2) is 11.4 Å². The molecule has 3 rings (SSSR count). The zero-order valence-corrected chi connectivity index (χ0v) is 13.5. The molecule has 6 heteroatoms. The Balaban J connectivity index is 2.04. The molecule has 0 radical (unpaired) electrons. The first kappa shape index (κ1) is 16.3. The number of aryl methyl sites for hydroxylation is 1. The summed E-state index contributed by atoms with van der Waals surface area (Å²) >= 11 is 3.37. The third kappa shape index (κ3) is 3.37. The van der Waals surface area contributed by atoms with Gasteiger partial charge in [0.1, 0.15) is 17.7 Å². The van der Waals surface area contributed by atoms with Gasteiger partial charge in [0, 0.05) is 10.9 Å². The van der Waals surface area contributed by atoms with Crippen molar-refractivity contribution in [3.63, 3.8) is 0 Å². The second-order valence-corrected chi connectivity index (χ2v) is 6.10. The molecule has 2 aromatic carbocycles. The fourth-order valence-corrected chi connectivity index (χ4v) is 3.13. The first-order valence-corrected chi connectivity index (χ1v) is 8.23. The molecule has 0 aromatic heterocycles. The molecule has 0 saturated heterocycles. The highest BCUT2D eigenvalue weighted by atomic mass is 79.9. The number of fused-ring (bicyclic) bond motifs is 1. The van der Waals surface area contributed by atoms with Crippen LogP contribution in [0, 0.1) is 5.82 Å². The quantitative estimate of drug-likeness (QED) is 0.480. The van der Waals surface area contributed by atoms with E-state index in [1.807, 2.05) is 0 Å². The van der Waals surface area contributed by atoms with Crippen molar-refractivity contribution in [2.75, 3.05) is 5.33 Å². The van der Waals surface area contributed by atoms with Crippen molar-refractivity contribution in [2.45, 2.75) is 25.1 Å². The van der Waals surface area contributed by atoms with Crippen molar-refractivity contribution in [2.24, 2.45) is 0 Å². The van der Waals surface area contributed by atoms with Gasteiger partial charge in [-0.25, -0.2) is 4.39 Å². The van der Waals surface area contributed by atoms with Crippen molar-refractivity contribution >= 4 is 15.9 Å². The molecule has 1 aliphatic heterocycles. The zero-order chi connectivity index (χ0) is 16.6. The molecule has 23 heavy (non-hydrogen) atoms. The molecule has 1 aliphatic rings. The van der Waals surface area contributed by atoms with Gasteiger partial charge in [0.2, 0.25) is 0 Å². The fourth-order valence-electron chi connectivity index (χ4n) is 2.68. The standard InChI is InChI=1S/C17H13BrF4O/c18-9-14-6-3-11-7-13(19)8-15(16(11)23-14)10-1-4-12(5-2-10)17(20,21)22/h1-2,4-5,7-8,14H,3,6,9H2/t14-/m1/s1. The number of rotatable bonds is 2. The molecular formula is C17H13BrF4O. The van der Waals surface area contributed by atoms with Gasteiger partial charge in [0.05, 0.1) is 5.56 Å². The maximum Gasteiger partial charge on any atom is 0.416 e. The van der Waals surface area contributed by atoms with Crippen molar-refractivity contribution in [3.8, 4) is 16.9 Å². The minimum Gasteiger partial charge on any atom is -0.489 e. The lowest BCUT2D eigenvalue weighted by atomic mass is 9.95. The molecule has 0 amide bonds. The summed E-state index contributed by atoms with van der Waals surface area (Å²) < 4.78 is 57.7. The lowest BCUT2D eigenvalue weighted by Crippen LogP contribution is -2.24. The lowest BCUT2D eigenvalue weighted by Gasteiger charge is -2.27. The first-order chi connectivity index (χ1) is 10.9. The average Bonchev–Trinajstić information content (AvgIpc) is 2.53. The van der Waals surface area contributed by atoms with Gasteiger partial charge in [-0.3, -0.25) is 0 Å². The molecule has 122 valence electrons. The first-order valence-electron chi connectivity index (χ1n) is 7.11. The Hall–Kier alpha value is -1.56. The molecule has 1 nitrogen and oxygen atoms in total. The Kier molecular flexibility index (Phi) is 4.36. The molecule has 1 heterocycles. The van der Waals surface area contributed by atoms with Gasteiger partial charge < -0.3 is 4.74 Å². The van der Waals surface area contributed by atoms with Crippen LogP contribution in [0.15, 0.2) is 36.4 Å². The second kappa shape index (κ2) is 6.15. The molecule has 1 atom stereocenters. The van der Waals surface area contributed by atoms with Gasteiger partial charge in [-0.15, -0.1) is 0 Å². The monoisotopic (exact) mass is 388 g/mol. The Morgan fingerprint density at radius 1 is 1.13 bits per heavy atom. The number of benzene rings is 2. The van der Waals surface area contributed by atoms with Crippen LogP contribution in [-0.2, 0) is 12.6 Å². The SMILES string of the molecule is Fc1cc2c(c(-c3ccc(C(F)(F)F)cc3)c1)O[C@@H](CBr)CC2. The minimum absolute atomic E-state index is 0.0267. The number of alkyl halides is 4. The Bertz CT molecular complexity index is 710. The summed E-state index contributed by atoms with van der Waals surface area (Å²) in [6, 6.07) is 7.41. The van der Waals surface area contributed by atoms with Crippen molar-refractivity contribution in [1.82, 2.24) is 0 Å². The van der Waals surface area contributed by atoms with Gasteiger partial charge in [-0.05, 0) is 48.2 Å². The van der Waals surface area contributed by atoms with Crippen LogP contribution in [0.1, 0.15) is 17.5 Å². The number of ether oxygens (including phenoxy) is 1. The second-order valence-electron chi connectivity index (χ2n) is 5.45. The largest absolute Gasteiger partial charge is 0.489 e. The predicted molar refractivity (Wildman–Crippen MR) is 83.4 cm³/mol. The molecule has 0 fully saturated rings. The van der Waals surface area contributed by atoms with Gasteiger partial charge in [-0.2, -0.15) is 13.2 Å². The molecule has 0 N–H and O–H groups in total. The molecular weight excluding hydrogens is 376 g/mol. The molecule has 0 unspecified atom stereocenters. The normalized spacial score (nSPS) is 17.5. The predicted octanol–water partition coefficient (Wildman–Crippen LogP) is 5.60. The summed E-state index contributed by atoms with van der Waals surface area (Å²) in [7, 11) is 0. The lowest BCUT2D eigenvalue weighted by molar-refractivity contribution is -0.137. The van der Waals surface area contributed by atoms with Gasteiger partial charge in [-0.1, -0.05) is 28.1 Å². The minimum atomic E-state index is -4.39. The number of hydrogen-bond donors (Lipinski definition) is 0. The van der Waals surface area contributed by atoms with E-state index < -0.39 is 17.6 Å². The Morgan fingerprint density at radius 2 is 1.83 bits per heavy atom. The molecule has 2 aromatic rings. The summed E-state index contributed by atoms with van der Waals surface area (Å²) in [6.45, 7) is 0. The zero-order valence-electron chi connectivity index (χ0n) is 12.0. The Morgan fingerprint density at radius 3 is 2.43 bits per heavy atom. The maximum absolute atomic E-state index is 13.8. The Labute approximate surface area is 139 Å². The van der Waals surface area contributed by atoms with Crippen LogP contribution < -0.4 is 4.74 Å². The van der Waals surface area contributed by atoms with Crippen LogP contribution in [0.3, 0.4) is 0 Å². The van der Waals surface area contributed by atoms with E-state index in [0.29, 0.717) is 28.6 Å². The van der Waals surface area contributed by atoms with Crippen LogP contribution in [0.5, 0.6) is 5.75 Å². The van der Waals surface area contributed by atoms with Crippen molar-refractivity contribution in [1.29, 1.82) is 0 Å². The molecule has 0 bridgehead atoms. The summed E-state index contributed by atoms with van der Waals surface area (Å²) in [5, 5.41) is 0.649. The van der Waals surface area contributed by atoms with E-state index >= 15 is 0 Å². The van der Waals surface area contributed by atoms with Crippen LogP contribution in [0.4, 0.5) is 17.6 Å². The molecule has 0 saturated carbocycles. The summed E-state index contributed by atoms with van der Waals surface area (Å²) in [6.07, 6.45) is -2.97. The van der Waals surface area contributed by atoms with Crippen LogP contribution in [0.25, 0.3) is 11.1 Å². The highest BCUT2D eigenvalue weighted by Gasteiger charge is 2.30. The number of hydrogen-bond acceptors (Lipinski definition) is 1. The molecule has 0 spiro atoms. The van der Waals surface area contributed by atoms with E-state index in [1.165, 1.54) is 24.3 Å². The smallest absolute Gasteiger partial charge is 0.416 e. The van der Waals surface area contributed by atoms with E-state index in [1.54, 1.807) is 0 Å². The number of halogens is 5. The average molecular weight is 389 g/mol. The third-order valence-electron chi connectivity index (χ3n) is 3.85. The highest BCUT2D eigenvalue weighted by Crippen LogP contribution is 2.40. The topological polar surface area (TPSA) is 9.23 Å². The summed E-state index contributed by atoms with van der Waals surface area (Å²) in [4.78, 5) is 0. The summed E-state index contributed by atoms with van der Waals surface area (Å²) in [5.74, 6) is 0.140. The van der Waals surface area contributed by atoms with Crippen molar-refractivity contribution in [3.05, 3.63) is 53.3 Å². The van der Waals surface area contributed by atoms with E-state index in [-0.39, 0.29) is 6.10 Å². The summed E-state index contributed by atoms with van der Waals surface area (Å²) in [5.41, 5.74) is 1.01. The van der Waals surface area contributed by atoms with Gasteiger partial charge in [0.15, 0.2) is 0 Å².